The maximum absolute atomic E-state index is 12.7. The van der Waals surface area contributed by atoms with Crippen LogP contribution in [0.1, 0.15) is 29.2 Å². The average molecular weight is 524 g/mol. The van der Waals surface area contributed by atoms with Crippen molar-refractivity contribution >= 4 is 35.2 Å². The number of hydrazone groups is 1. The molecule has 0 amide bonds. The molecule has 0 aliphatic heterocycles. The molecule has 2 aromatic carbocycles. The monoisotopic (exact) mass is 523 g/mol. The molecule has 0 spiro atoms. The number of nitrogens with zero attached hydrogens (tertiary/aromatic N) is 2. The summed E-state index contributed by atoms with van der Waals surface area (Å²) in [5.74, 6) is 1.23. The Morgan fingerprint density at radius 2 is 1.89 bits per heavy atom. The summed E-state index contributed by atoms with van der Waals surface area (Å²) in [5.41, 5.74) is 4.04. The minimum Gasteiger partial charge on any atom is -0.490 e. The van der Waals surface area contributed by atoms with Gasteiger partial charge in [0.1, 0.15) is 12.4 Å². The van der Waals surface area contributed by atoms with Crippen LogP contribution in [-0.4, -0.2) is 17.8 Å². The fourth-order valence-electron chi connectivity index (χ4n) is 3.08. The summed E-state index contributed by atoms with van der Waals surface area (Å²) in [5, 5.41) is 5.10. The van der Waals surface area contributed by atoms with Crippen molar-refractivity contribution in [3.05, 3.63) is 93.6 Å². The summed E-state index contributed by atoms with van der Waals surface area (Å²) in [6.07, 6.45) is 0.0349. The van der Waals surface area contributed by atoms with Crippen molar-refractivity contribution in [1.82, 2.24) is 4.98 Å². The molecular weight excluding hydrogens is 502 g/mol. The molecule has 3 rings (SSSR count). The second-order valence-electron chi connectivity index (χ2n) is 7.26. The van der Waals surface area contributed by atoms with Crippen LogP contribution in [-0.2, 0) is 19.2 Å². The average Bonchev–Trinajstić information content (AvgIpc) is 2.80. The molecule has 3 aromatic rings. The van der Waals surface area contributed by atoms with Gasteiger partial charge in [0.05, 0.1) is 18.4 Å². The number of pyridine rings is 1. The van der Waals surface area contributed by atoms with Crippen molar-refractivity contribution in [1.29, 1.82) is 0 Å². The number of alkyl halides is 3. The lowest BCUT2D eigenvalue weighted by atomic mass is 10.1. The van der Waals surface area contributed by atoms with Crippen molar-refractivity contribution in [2.75, 3.05) is 12.0 Å². The van der Waals surface area contributed by atoms with Gasteiger partial charge in [-0.1, -0.05) is 35.3 Å². The predicted molar refractivity (Wildman–Crippen MR) is 133 cm³/mol. The van der Waals surface area contributed by atoms with E-state index in [0.29, 0.717) is 40.1 Å². The van der Waals surface area contributed by atoms with Crippen molar-refractivity contribution in [3.8, 4) is 11.5 Å². The number of anilines is 1. The topological polar surface area (TPSA) is 55.7 Å². The van der Waals surface area contributed by atoms with E-state index < -0.39 is 11.7 Å². The Morgan fingerprint density at radius 3 is 2.51 bits per heavy atom. The Labute approximate surface area is 211 Å². The molecule has 0 aliphatic rings. The lowest BCUT2D eigenvalue weighted by molar-refractivity contribution is -0.137. The van der Waals surface area contributed by atoms with Crippen LogP contribution in [0.4, 0.5) is 19.0 Å². The Hall–Kier alpha value is -3.23. The predicted octanol–water partition coefficient (Wildman–Crippen LogP) is 7.56. The fraction of sp³-hybridized carbons (Fsp3) is 0.200. The van der Waals surface area contributed by atoms with Crippen LogP contribution >= 0.6 is 23.2 Å². The Balaban J connectivity index is 1.81. The highest BCUT2D eigenvalue weighted by Crippen LogP contribution is 2.35. The van der Waals surface area contributed by atoms with Gasteiger partial charge in [-0.2, -0.15) is 18.3 Å². The molecule has 184 valence electrons. The number of halogens is 5. The summed E-state index contributed by atoms with van der Waals surface area (Å²) in [6, 6.07) is 10.9. The first kappa shape index (κ1) is 26.4. The normalized spacial score (nSPS) is 11.5. The molecular formula is C25H22Cl2F3N3O2. The highest BCUT2D eigenvalue weighted by molar-refractivity contribution is 6.35. The first-order chi connectivity index (χ1) is 16.7. The SMILES string of the molecule is C=CCc1cc(/C=N\Nc2ccc(C(F)(F)F)cn2)cc(OCC)c1OCc1ccc(Cl)cc1Cl. The van der Waals surface area contributed by atoms with E-state index in [-0.39, 0.29) is 12.4 Å². The number of ether oxygens (including phenoxy) is 2. The third kappa shape index (κ3) is 7.37. The maximum Gasteiger partial charge on any atom is 0.417 e. The lowest BCUT2D eigenvalue weighted by Gasteiger charge is -2.17. The second-order valence-corrected chi connectivity index (χ2v) is 8.10. The van der Waals surface area contributed by atoms with E-state index in [1.165, 1.54) is 12.3 Å². The number of hydrogen-bond acceptors (Lipinski definition) is 5. The molecule has 10 heteroatoms. The van der Waals surface area contributed by atoms with Gasteiger partial charge in [-0.05, 0) is 55.3 Å². The van der Waals surface area contributed by atoms with E-state index in [1.54, 1.807) is 30.3 Å². The van der Waals surface area contributed by atoms with E-state index in [4.69, 9.17) is 32.7 Å². The molecule has 0 saturated heterocycles. The molecule has 0 aliphatic carbocycles. The molecule has 0 radical (unpaired) electrons. The second kappa shape index (κ2) is 12.0. The molecule has 1 N–H and O–H groups in total. The highest BCUT2D eigenvalue weighted by Gasteiger charge is 2.30. The molecule has 0 unspecified atom stereocenters. The van der Waals surface area contributed by atoms with Crippen LogP contribution in [0.2, 0.25) is 10.0 Å². The summed E-state index contributed by atoms with van der Waals surface area (Å²) >= 11 is 12.2. The summed E-state index contributed by atoms with van der Waals surface area (Å²) in [4.78, 5) is 3.73. The third-order valence-electron chi connectivity index (χ3n) is 4.69. The van der Waals surface area contributed by atoms with E-state index >= 15 is 0 Å². The Morgan fingerprint density at radius 1 is 1.09 bits per heavy atom. The van der Waals surface area contributed by atoms with Crippen molar-refractivity contribution < 1.29 is 22.6 Å². The van der Waals surface area contributed by atoms with E-state index in [2.05, 4.69) is 22.1 Å². The smallest absolute Gasteiger partial charge is 0.417 e. The van der Waals surface area contributed by atoms with Gasteiger partial charge < -0.3 is 9.47 Å². The van der Waals surface area contributed by atoms with Gasteiger partial charge in [-0.3, -0.25) is 5.43 Å². The number of rotatable bonds is 10. The first-order valence-electron chi connectivity index (χ1n) is 10.5. The van der Waals surface area contributed by atoms with Crippen LogP contribution in [0, 0.1) is 0 Å². The minimum absolute atomic E-state index is 0.172. The van der Waals surface area contributed by atoms with Crippen LogP contribution < -0.4 is 14.9 Å². The number of hydrogen-bond donors (Lipinski definition) is 1. The molecule has 35 heavy (non-hydrogen) atoms. The summed E-state index contributed by atoms with van der Waals surface area (Å²) in [6.45, 7) is 6.26. The standard InChI is InChI=1S/C25H22Cl2F3N3O2/c1-3-5-17-10-16(13-32-33-23-9-7-19(14-31-23)25(28,29)30)11-22(34-4-2)24(17)35-15-18-6-8-20(26)12-21(18)27/h3,6-14H,1,4-5,15H2,2H3,(H,31,33)/b32-13-. The third-order valence-corrected chi connectivity index (χ3v) is 5.28. The number of aromatic nitrogens is 1. The summed E-state index contributed by atoms with van der Waals surface area (Å²) < 4.78 is 49.9. The van der Waals surface area contributed by atoms with Gasteiger partial charge in [0.25, 0.3) is 0 Å². The number of allylic oxidation sites excluding steroid dienone is 1. The Bertz CT molecular complexity index is 1200. The van der Waals surface area contributed by atoms with Gasteiger partial charge in [0.15, 0.2) is 11.5 Å². The largest absolute Gasteiger partial charge is 0.490 e. The first-order valence-corrected chi connectivity index (χ1v) is 11.3. The van der Waals surface area contributed by atoms with Crippen molar-refractivity contribution in [2.24, 2.45) is 5.10 Å². The van der Waals surface area contributed by atoms with Gasteiger partial charge in [-0.25, -0.2) is 4.98 Å². The van der Waals surface area contributed by atoms with Crippen LogP contribution in [0.5, 0.6) is 11.5 Å². The zero-order valence-corrected chi connectivity index (χ0v) is 20.2. The lowest BCUT2D eigenvalue weighted by Crippen LogP contribution is -2.06. The van der Waals surface area contributed by atoms with Gasteiger partial charge in [0.2, 0.25) is 0 Å². The van der Waals surface area contributed by atoms with Crippen LogP contribution in [0.25, 0.3) is 0 Å². The van der Waals surface area contributed by atoms with E-state index in [1.807, 2.05) is 13.0 Å². The van der Waals surface area contributed by atoms with Crippen molar-refractivity contribution in [3.63, 3.8) is 0 Å². The van der Waals surface area contributed by atoms with E-state index in [0.717, 1.165) is 23.4 Å². The van der Waals surface area contributed by atoms with Gasteiger partial charge in [-0.15, -0.1) is 6.58 Å². The van der Waals surface area contributed by atoms with Crippen LogP contribution in [0.15, 0.2) is 66.4 Å². The Kier molecular flexibility index (Phi) is 9.01. The zero-order valence-electron chi connectivity index (χ0n) is 18.7. The molecule has 0 atom stereocenters. The highest BCUT2D eigenvalue weighted by atomic mass is 35.5. The molecule has 0 bridgehead atoms. The quantitative estimate of drug-likeness (QED) is 0.169. The summed E-state index contributed by atoms with van der Waals surface area (Å²) in [7, 11) is 0. The van der Waals surface area contributed by atoms with Crippen LogP contribution in [0.3, 0.4) is 0 Å². The maximum atomic E-state index is 12.7. The molecule has 1 heterocycles. The molecule has 0 fully saturated rings. The van der Waals surface area contributed by atoms with Gasteiger partial charge in [0, 0.05) is 27.4 Å². The van der Waals surface area contributed by atoms with Crippen molar-refractivity contribution in [2.45, 2.75) is 26.1 Å². The van der Waals surface area contributed by atoms with Gasteiger partial charge >= 0.3 is 6.18 Å². The minimum atomic E-state index is -4.45. The molecule has 0 saturated carbocycles. The molecule has 1 aromatic heterocycles. The van der Waals surface area contributed by atoms with E-state index in [9.17, 15) is 13.2 Å². The zero-order chi connectivity index (χ0) is 25.4. The fourth-order valence-corrected chi connectivity index (χ4v) is 3.54. The molecule has 5 nitrogen and oxygen atoms in total. The number of nitrogens with one attached hydrogen (secondary N) is 1. The number of benzene rings is 2.